The van der Waals surface area contributed by atoms with E-state index < -0.39 is 35.8 Å². The number of hydrogen-bond donors (Lipinski definition) is 5. The van der Waals surface area contributed by atoms with Crippen molar-refractivity contribution in [3.63, 3.8) is 0 Å². The zero-order chi connectivity index (χ0) is 15.6. The molecular weight excluding hydrogens is 286 g/mol. The molecule has 1 heterocycles. The SMILES string of the molecule is OCC(F)(F)[C@@H](c1ccc(O)c(O)c1O)N1CCNCC1. The van der Waals surface area contributed by atoms with E-state index in [2.05, 4.69) is 5.32 Å². The molecule has 0 unspecified atom stereocenters. The van der Waals surface area contributed by atoms with E-state index in [1.165, 1.54) is 4.90 Å². The topological polar surface area (TPSA) is 96.2 Å². The van der Waals surface area contributed by atoms with Crippen LogP contribution in [0, 0.1) is 0 Å². The van der Waals surface area contributed by atoms with E-state index >= 15 is 0 Å². The average Bonchev–Trinajstić information content (AvgIpc) is 2.48. The first-order valence-corrected chi connectivity index (χ1v) is 6.55. The highest BCUT2D eigenvalue weighted by Gasteiger charge is 2.45. The summed E-state index contributed by atoms with van der Waals surface area (Å²) in [5.41, 5.74) is -0.230. The van der Waals surface area contributed by atoms with Crippen LogP contribution >= 0.6 is 0 Å². The molecule has 0 amide bonds. The van der Waals surface area contributed by atoms with Crippen molar-refractivity contribution >= 4 is 0 Å². The molecular formula is C13H18F2N2O4. The Kier molecular flexibility index (Phi) is 4.50. The highest BCUT2D eigenvalue weighted by Crippen LogP contribution is 2.46. The molecule has 21 heavy (non-hydrogen) atoms. The molecule has 0 radical (unpaired) electrons. The predicted molar refractivity (Wildman–Crippen MR) is 70.7 cm³/mol. The van der Waals surface area contributed by atoms with Crippen LogP contribution in [-0.2, 0) is 0 Å². The minimum Gasteiger partial charge on any atom is -0.504 e. The Labute approximate surface area is 120 Å². The summed E-state index contributed by atoms with van der Waals surface area (Å²) in [5.74, 6) is -5.74. The van der Waals surface area contributed by atoms with Gasteiger partial charge < -0.3 is 25.7 Å². The van der Waals surface area contributed by atoms with E-state index in [1.54, 1.807) is 0 Å². The number of phenols is 3. The van der Waals surface area contributed by atoms with Gasteiger partial charge in [-0.15, -0.1) is 0 Å². The number of piperazine rings is 1. The van der Waals surface area contributed by atoms with Gasteiger partial charge in [-0.3, -0.25) is 4.90 Å². The predicted octanol–water partition coefficient (Wildman–Crippen LogP) is 0.377. The molecule has 6 nitrogen and oxygen atoms in total. The van der Waals surface area contributed by atoms with E-state index in [4.69, 9.17) is 5.11 Å². The number of aliphatic hydroxyl groups is 1. The van der Waals surface area contributed by atoms with Crippen LogP contribution in [0.25, 0.3) is 0 Å². The zero-order valence-electron chi connectivity index (χ0n) is 11.3. The van der Waals surface area contributed by atoms with E-state index in [0.717, 1.165) is 12.1 Å². The number of halogens is 2. The first kappa shape index (κ1) is 15.7. The van der Waals surface area contributed by atoms with Crippen LogP contribution in [0.15, 0.2) is 12.1 Å². The van der Waals surface area contributed by atoms with Gasteiger partial charge in [0.15, 0.2) is 11.5 Å². The molecule has 0 aromatic heterocycles. The van der Waals surface area contributed by atoms with Crippen molar-refractivity contribution in [2.75, 3.05) is 32.8 Å². The largest absolute Gasteiger partial charge is 0.504 e. The van der Waals surface area contributed by atoms with Crippen molar-refractivity contribution in [3.8, 4) is 17.2 Å². The van der Waals surface area contributed by atoms with Gasteiger partial charge in [0, 0.05) is 31.7 Å². The highest BCUT2D eigenvalue weighted by molar-refractivity contribution is 5.54. The van der Waals surface area contributed by atoms with Crippen molar-refractivity contribution < 1.29 is 29.2 Å². The summed E-state index contributed by atoms with van der Waals surface area (Å²) in [6, 6.07) is 0.573. The number of alkyl halides is 2. The van der Waals surface area contributed by atoms with Crippen molar-refractivity contribution in [1.82, 2.24) is 10.2 Å². The molecule has 5 N–H and O–H groups in total. The maximum atomic E-state index is 14.1. The molecule has 1 aromatic rings. The van der Waals surface area contributed by atoms with Gasteiger partial charge in [0.2, 0.25) is 5.75 Å². The number of rotatable bonds is 4. The van der Waals surface area contributed by atoms with Crippen molar-refractivity contribution in [3.05, 3.63) is 17.7 Å². The Morgan fingerprint density at radius 1 is 1.14 bits per heavy atom. The van der Waals surface area contributed by atoms with E-state index in [-0.39, 0.29) is 5.56 Å². The van der Waals surface area contributed by atoms with Gasteiger partial charge in [-0.1, -0.05) is 0 Å². The Balaban J connectivity index is 2.47. The molecule has 1 saturated heterocycles. The van der Waals surface area contributed by atoms with Gasteiger partial charge in [0.05, 0.1) is 0 Å². The molecule has 1 aromatic carbocycles. The van der Waals surface area contributed by atoms with Gasteiger partial charge in [-0.2, -0.15) is 0 Å². The first-order valence-electron chi connectivity index (χ1n) is 6.55. The summed E-state index contributed by atoms with van der Waals surface area (Å²) in [6.45, 7) is 0.233. The summed E-state index contributed by atoms with van der Waals surface area (Å²) in [4.78, 5) is 1.43. The molecule has 0 bridgehead atoms. The normalized spacial score (nSPS) is 18.6. The van der Waals surface area contributed by atoms with Crippen molar-refractivity contribution in [2.45, 2.75) is 12.0 Å². The van der Waals surface area contributed by atoms with Crippen LogP contribution in [0.4, 0.5) is 8.78 Å². The van der Waals surface area contributed by atoms with Crippen LogP contribution in [-0.4, -0.2) is 64.0 Å². The minimum atomic E-state index is -3.50. The number of nitrogens with one attached hydrogen (secondary N) is 1. The summed E-state index contributed by atoms with van der Waals surface area (Å²) in [5, 5.41) is 40.7. The van der Waals surface area contributed by atoms with Crippen molar-refractivity contribution in [1.29, 1.82) is 0 Å². The smallest absolute Gasteiger partial charge is 0.290 e. The number of benzene rings is 1. The molecule has 118 valence electrons. The lowest BCUT2D eigenvalue weighted by molar-refractivity contribution is -0.119. The average molecular weight is 304 g/mol. The number of nitrogens with zero attached hydrogens (tertiary/aromatic N) is 1. The molecule has 1 atom stereocenters. The molecule has 1 aliphatic rings. The summed E-state index contributed by atoms with van der Waals surface area (Å²) < 4.78 is 28.3. The second-order valence-corrected chi connectivity index (χ2v) is 4.98. The minimum absolute atomic E-state index is 0.230. The number of aliphatic hydroxyl groups excluding tert-OH is 1. The fourth-order valence-electron chi connectivity index (χ4n) is 2.52. The van der Waals surface area contributed by atoms with Crippen LogP contribution in [0.2, 0.25) is 0 Å². The van der Waals surface area contributed by atoms with Gasteiger partial charge in [-0.05, 0) is 12.1 Å². The van der Waals surface area contributed by atoms with Crippen LogP contribution in [0.1, 0.15) is 11.6 Å². The van der Waals surface area contributed by atoms with E-state index in [9.17, 15) is 24.1 Å². The van der Waals surface area contributed by atoms with Gasteiger partial charge >= 0.3 is 0 Å². The zero-order valence-corrected chi connectivity index (χ0v) is 11.3. The molecule has 2 rings (SSSR count). The standard InChI is InChI=1S/C13H18F2N2O4/c14-13(15,7-18)12(17-5-3-16-4-6-17)8-1-2-9(19)11(21)10(8)20/h1-2,12,16,18-21H,3-7H2/t12-/m1/s1. The van der Waals surface area contributed by atoms with Crippen LogP contribution < -0.4 is 5.32 Å². The van der Waals surface area contributed by atoms with Crippen molar-refractivity contribution in [2.24, 2.45) is 0 Å². The van der Waals surface area contributed by atoms with Crippen LogP contribution in [0.5, 0.6) is 17.2 Å². The third-order valence-electron chi connectivity index (χ3n) is 3.58. The fourth-order valence-corrected chi connectivity index (χ4v) is 2.52. The van der Waals surface area contributed by atoms with Gasteiger partial charge in [-0.25, -0.2) is 8.78 Å². The molecule has 1 fully saturated rings. The fraction of sp³-hybridized carbons (Fsp3) is 0.538. The number of phenolic OH excluding ortho intramolecular Hbond substituents is 3. The second kappa shape index (κ2) is 6.00. The highest BCUT2D eigenvalue weighted by atomic mass is 19.3. The molecule has 0 saturated carbocycles. The molecule has 1 aliphatic heterocycles. The van der Waals surface area contributed by atoms with E-state index in [1.807, 2.05) is 0 Å². The lowest BCUT2D eigenvalue weighted by Crippen LogP contribution is -2.51. The van der Waals surface area contributed by atoms with E-state index in [0.29, 0.717) is 26.2 Å². The number of hydrogen-bond acceptors (Lipinski definition) is 6. The lowest BCUT2D eigenvalue weighted by Gasteiger charge is -2.39. The lowest BCUT2D eigenvalue weighted by atomic mass is 9.96. The van der Waals surface area contributed by atoms with Crippen LogP contribution in [0.3, 0.4) is 0 Å². The Morgan fingerprint density at radius 3 is 2.33 bits per heavy atom. The molecule has 0 spiro atoms. The Bertz CT molecular complexity index is 507. The molecule has 0 aliphatic carbocycles. The number of aromatic hydroxyl groups is 3. The summed E-state index contributed by atoms with van der Waals surface area (Å²) in [6.07, 6.45) is 0. The Hall–Kier alpha value is -1.64. The maximum Gasteiger partial charge on any atom is 0.290 e. The Morgan fingerprint density at radius 2 is 1.76 bits per heavy atom. The van der Waals surface area contributed by atoms with Gasteiger partial charge in [0.1, 0.15) is 12.6 Å². The third-order valence-corrected chi connectivity index (χ3v) is 3.58. The molecule has 8 heteroatoms. The second-order valence-electron chi connectivity index (χ2n) is 4.98. The maximum absolute atomic E-state index is 14.1. The monoisotopic (exact) mass is 304 g/mol. The quantitative estimate of drug-likeness (QED) is 0.516. The summed E-state index contributed by atoms with van der Waals surface area (Å²) >= 11 is 0. The third kappa shape index (κ3) is 3.02. The first-order chi connectivity index (χ1) is 9.88. The van der Waals surface area contributed by atoms with Gasteiger partial charge in [0.25, 0.3) is 5.92 Å². The summed E-state index contributed by atoms with van der Waals surface area (Å²) in [7, 11) is 0.